The van der Waals surface area contributed by atoms with Gasteiger partial charge in [-0.15, -0.1) is 11.3 Å². The van der Waals surface area contributed by atoms with Crippen molar-refractivity contribution in [3.05, 3.63) is 11.1 Å². The molecule has 0 saturated carbocycles. The average Bonchev–Trinajstić information content (AvgIpc) is 2.66. The first-order chi connectivity index (χ1) is 7.16. The Balaban J connectivity index is 2.08. The molecule has 0 amide bonds. The van der Waals surface area contributed by atoms with E-state index in [1.807, 2.05) is 13.1 Å². The van der Waals surface area contributed by atoms with Crippen LogP contribution in [0.5, 0.6) is 0 Å². The molecule has 4 nitrogen and oxygen atoms in total. The van der Waals surface area contributed by atoms with Crippen LogP contribution in [0.25, 0.3) is 0 Å². The van der Waals surface area contributed by atoms with E-state index in [1.165, 1.54) is 0 Å². The fraction of sp³-hybridized carbons (Fsp3) is 0.700. The van der Waals surface area contributed by atoms with Crippen LogP contribution in [0, 0.1) is 0 Å². The lowest BCUT2D eigenvalue weighted by molar-refractivity contribution is 0.0532. The van der Waals surface area contributed by atoms with Crippen LogP contribution in [-0.4, -0.2) is 30.8 Å². The van der Waals surface area contributed by atoms with Gasteiger partial charge in [-0.3, -0.25) is 0 Å². The number of anilines is 1. The summed E-state index contributed by atoms with van der Waals surface area (Å²) in [5.74, 6) is 0. The van der Waals surface area contributed by atoms with Crippen LogP contribution in [0.2, 0.25) is 0 Å². The summed E-state index contributed by atoms with van der Waals surface area (Å²) in [6.45, 7) is 6.71. The number of rotatable bonds is 2. The Labute approximate surface area is 94.1 Å². The Morgan fingerprint density at radius 3 is 3.13 bits per heavy atom. The number of ether oxygens (including phenoxy) is 1. The maximum absolute atomic E-state index is 5.81. The molecule has 0 radical (unpaired) electrons. The summed E-state index contributed by atoms with van der Waals surface area (Å²) in [5, 5.41) is 1.07. The van der Waals surface area contributed by atoms with Gasteiger partial charge in [0.2, 0.25) is 0 Å². The quantitative estimate of drug-likeness (QED) is 0.829. The van der Waals surface area contributed by atoms with E-state index in [4.69, 9.17) is 10.5 Å². The molecule has 2 N–H and O–H groups in total. The van der Waals surface area contributed by atoms with Crippen LogP contribution in [0.4, 0.5) is 5.13 Å². The van der Waals surface area contributed by atoms with E-state index in [-0.39, 0.29) is 6.04 Å². The first-order valence-corrected chi connectivity index (χ1v) is 6.06. The molecule has 1 aromatic heterocycles. The minimum absolute atomic E-state index is 0.0784. The molecule has 2 atom stereocenters. The number of aromatic nitrogens is 1. The van der Waals surface area contributed by atoms with Crippen molar-refractivity contribution < 1.29 is 4.74 Å². The van der Waals surface area contributed by atoms with Gasteiger partial charge in [0.25, 0.3) is 0 Å². The van der Waals surface area contributed by atoms with Crippen molar-refractivity contribution in [2.45, 2.75) is 26.0 Å². The molecule has 0 spiro atoms. The summed E-state index contributed by atoms with van der Waals surface area (Å²) in [7, 11) is 0. The van der Waals surface area contributed by atoms with E-state index < -0.39 is 0 Å². The molecular weight excluding hydrogens is 210 g/mol. The Kier molecular flexibility index (Phi) is 3.23. The predicted molar refractivity (Wildman–Crippen MR) is 62.3 cm³/mol. The van der Waals surface area contributed by atoms with Crippen LogP contribution in [-0.2, 0) is 4.74 Å². The number of nitrogens with zero attached hydrogens (tertiary/aromatic N) is 2. The normalized spacial score (nSPS) is 24.2. The molecule has 2 unspecified atom stereocenters. The van der Waals surface area contributed by atoms with Crippen molar-refractivity contribution in [2.75, 3.05) is 24.6 Å². The molecule has 1 aliphatic rings. The highest BCUT2D eigenvalue weighted by Gasteiger charge is 2.19. The maximum atomic E-state index is 5.81. The van der Waals surface area contributed by atoms with Crippen LogP contribution in [0.1, 0.15) is 24.8 Å². The van der Waals surface area contributed by atoms with Crippen molar-refractivity contribution in [3.8, 4) is 0 Å². The van der Waals surface area contributed by atoms with Gasteiger partial charge < -0.3 is 15.4 Å². The standard InChI is InChI=1S/C10H17N3OS/c1-7-6-13(3-4-14-7)10-12-5-9(15-10)8(2)11/h5,7-8H,3-4,6,11H2,1-2H3. The highest BCUT2D eigenvalue weighted by Crippen LogP contribution is 2.27. The zero-order valence-corrected chi connectivity index (χ0v) is 9.96. The van der Waals surface area contributed by atoms with E-state index in [9.17, 15) is 0 Å². The smallest absolute Gasteiger partial charge is 0.185 e. The molecule has 5 heteroatoms. The number of hydrogen-bond acceptors (Lipinski definition) is 5. The van der Waals surface area contributed by atoms with Crippen LogP contribution in [0.3, 0.4) is 0 Å². The summed E-state index contributed by atoms with van der Waals surface area (Å²) in [6, 6.07) is 0.0784. The molecule has 2 heterocycles. The van der Waals surface area contributed by atoms with Gasteiger partial charge in [-0.05, 0) is 13.8 Å². The van der Waals surface area contributed by atoms with Gasteiger partial charge in [-0.2, -0.15) is 0 Å². The van der Waals surface area contributed by atoms with Crippen molar-refractivity contribution in [1.29, 1.82) is 0 Å². The Bertz CT molecular complexity index is 326. The van der Waals surface area contributed by atoms with Gasteiger partial charge in [0.05, 0.1) is 12.7 Å². The Morgan fingerprint density at radius 1 is 1.73 bits per heavy atom. The molecule has 1 aromatic rings. The number of hydrogen-bond donors (Lipinski definition) is 1. The number of morpholine rings is 1. The lowest BCUT2D eigenvalue weighted by Gasteiger charge is -2.30. The zero-order chi connectivity index (χ0) is 10.8. The van der Waals surface area contributed by atoms with Crippen molar-refractivity contribution in [2.24, 2.45) is 5.73 Å². The monoisotopic (exact) mass is 227 g/mol. The molecule has 1 aliphatic heterocycles. The Hall–Kier alpha value is -0.650. The summed E-state index contributed by atoms with van der Waals surface area (Å²) in [6.07, 6.45) is 2.17. The third-order valence-electron chi connectivity index (χ3n) is 2.47. The molecule has 0 aliphatic carbocycles. The average molecular weight is 227 g/mol. The molecule has 0 bridgehead atoms. The van der Waals surface area contributed by atoms with E-state index >= 15 is 0 Å². The highest BCUT2D eigenvalue weighted by atomic mass is 32.1. The van der Waals surface area contributed by atoms with Gasteiger partial charge in [0.15, 0.2) is 5.13 Å². The first-order valence-electron chi connectivity index (χ1n) is 5.24. The minimum Gasteiger partial charge on any atom is -0.375 e. The summed E-state index contributed by atoms with van der Waals surface area (Å²) in [5.41, 5.74) is 5.81. The predicted octanol–water partition coefficient (Wildman–Crippen LogP) is 1.39. The highest BCUT2D eigenvalue weighted by molar-refractivity contribution is 7.15. The molecule has 15 heavy (non-hydrogen) atoms. The molecule has 1 fully saturated rings. The maximum Gasteiger partial charge on any atom is 0.185 e. The van der Waals surface area contributed by atoms with Gasteiger partial charge in [-0.1, -0.05) is 0 Å². The van der Waals surface area contributed by atoms with Crippen LogP contribution >= 0.6 is 11.3 Å². The summed E-state index contributed by atoms with van der Waals surface area (Å²) in [4.78, 5) is 7.82. The molecule has 0 aromatic carbocycles. The second-order valence-electron chi connectivity index (χ2n) is 3.96. The number of nitrogens with two attached hydrogens (primary N) is 1. The molecular formula is C10H17N3OS. The minimum atomic E-state index is 0.0784. The lowest BCUT2D eigenvalue weighted by Crippen LogP contribution is -2.41. The molecule has 2 rings (SSSR count). The van der Waals surface area contributed by atoms with Gasteiger partial charge >= 0.3 is 0 Å². The zero-order valence-electron chi connectivity index (χ0n) is 9.14. The van der Waals surface area contributed by atoms with Crippen molar-refractivity contribution in [1.82, 2.24) is 4.98 Å². The van der Waals surface area contributed by atoms with E-state index in [0.717, 1.165) is 29.7 Å². The molecule has 1 saturated heterocycles. The molecule has 84 valence electrons. The van der Waals surface area contributed by atoms with Gasteiger partial charge in [-0.25, -0.2) is 4.98 Å². The number of thiazole rings is 1. The van der Waals surface area contributed by atoms with E-state index in [1.54, 1.807) is 11.3 Å². The van der Waals surface area contributed by atoms with Crippen LogP contribution in [0.15, 0.2) is 6.20 Å². The van der Waals surface area contributed by atoms with Crippen LogP contribution < -0.4 is 10.6 Å². The second kappa shape index (κ2) is 4.47. The third kappa shape index (κ3) is 2.48. The third-order valence-corrected chi connectivity index (χ3v) is 3.73. The Morgan fingerprint density at radius 2 is 2.53 bits per heavy atom. The van der Waals surface area contributed by atoms with Gasteiger partial charge in [0.1, 0.15) is 0 Å². The van der Waals surface area contributed by atoms with E-state index in [0.29, 0.717) is 6.10 Å². The first kappa shape index (κ1) is 10.9. The lowest BCUT2D eigenvalue weighted by atomic mass is 10.3. The summed E-state index contributed by atoms with van der Waals surface area (Å²) < 4.78 is 5.49. The van der Waals surface area contributed by atoms with Crippen molar-refractivity contribution in [3.63, 3.8) is 0 Å². The van der Waals surface area contributed by atoms with Crippen molar-refractivity contribution >= 4 is 16.5 Å². The van der Waals surface area contributed by atoms with E-state index in [2.05, 4.69) is 16.8 Å². The fourth-order valence-electron chi connectivity index (χ4n) is 1.63. The second-order valence-corrected chi connectivity index (χ2v) is 5.00. The topological polar surface area (TPSA) is 51.4 Å². The fourth-order valence-corrected chi connectivity index (χ4v) is 2.53. The largest absolute Gasteiger partial charge is 0.375 e. The SMILES string of the molecule is CC1CN(c2ncc(C(C)N)s2)CCO1. The van der Waals surface area contributed by atoms with Gasteiger partial charge in [0, 0.05) is 30.2 Å². The summed E-state index contributed by atoms with van der Waals surface area (Å²) >= 11 is 1.68.